The zero-order chi connectivity index (χ0) is 19.5. The summed E-state index contributed by atoms with van der Waals surface area (Å²) in [5.74, 6) is 1.63. The lowest BCUT2D eigenvalue weighted by atomic mass is 10.2. The minimum atomic E-state index is -0.284. The Hall–Kier alpha value is -2.52. The molecule has 3 heterocycles. The molecular formula is C19H25N3O6. The number of nitrogens with zero attached hydrogens (tertiary/aromatic N) is 2. The first-order valence-electron chi connectivity index (χ1n) is 9.54. The van der Waals surface area contributed by atoms with Crippen LogP contribution in [-0.2, 0) is 14.3 Å². The first-order chi connectivity index (χ1) is 13.6. The molecule has 3 aliphatic rings. The van der Waals surface area contributed by atoms with Crippen LogP contribution in [0.4, 0.5) is 5.69 Å². The predicted octanol–water partition coefficient (Wildman–Crippen LogP) is 0.686. The summed E-state index contributed by atoms with van der Waals surface area (Å²) >= 11 is 0. The van der Waals surface area contributed by atoms with Crippen LogP contribution in [0.2, 0.25) is 0 Å². The van der Waals surface area contributed by atoms with Crippen LogP contribution in [-0.4, -0.2) is 81.0 Å². The number of benzene rings is 1. The molecule has 3 aliphatic heterocycles. The minimum Gasteiger partial charge on any atom is -0.494 e. The molecule has 1 atom stereocenters. The smallest absolute Gasteiger partial charge is 0.251 e. The van der Waals surface area contributed by atoms with Crippen LogP contribution in [0.25, 0.3) is 0 Å². The van der Waals surface area contributed by atoms with Gasteiger partial charge >= 0.3 is 0 Å². The van der Waals surface area contributed by atoms with Gasteiger partial charge in [0.1, 0.15) is 11.9 Å². The van der Waals surface area contributed by atoms with Crippen molar-refractivity contribution in [1.82, 2.24) is 9.80 Å². The number of hydrogen-bond donors (Lipinski definition) is 1. The molecule has 0 spiro atoms. The molecule has 28 heavy (non-hydrogen) atoms. The third-order valence-corrected chi connectivity index (χ3v) is 5.23. The maximum Gasteiger partial charge on any atom is 0.251 e. The third-order valence-electron chi connectivity index (χ3n) is 5.23. The monoisotopic (exact) mass is 391 g/mol. The number of anilines is 1. The Labute approximate surface area is 163 Å². The van der Waals surface area contributed by atoms with Gasteiger partial charge in [0, 0.05) is 44.9 Å². The average molecular weight is 391 g/mol. The Morgan fingerprint density at radius 1 is 1.18 bits per heavy atom. The van der Waals surface area contributed by atoms with E-state index in [0.717, 1.165) is 12.8 Å². The van der Waals surface area contributed by atoms with Crippen molar-refractivity contribution in [3.8, 4) is 17.2 Å². The zero-order valence-electron chi connectivity index (χ0n) is 15.9. The number of methoxy groups -OCH3 is 1. The highest BCUT2D eigenvalue weighted by Crippen LogP contribution is 2.40. The Kier molecular flexibility index (Phi) is 5.54. The molecule has 0 saturated carbocycles. The topological polar surface area (TPSA) is 89.6 Å². The number of carbonyl (C=O) groups is 2. The Bertz CT molecular complexity index is 741. The van der Waals surface area contributed by atoms with Crippen LogP contribution < -0.4 is 19.5 Å². The molecule has 0 aromatic heterocycles. The summed E-state index contributed by atoms with van der Waals surface area (Å²) in [5, 5.41) is 2.88. The van der Waals surface area contributed by atoms with Gasteiger partial charge in [-0.2, -0.15) is 0 Å². The first-order valence-corrected chi connectivity index (χ1v) is 9.54. The standard InChI is InChI=1S/C19H25N3O6/c1-25-15-10-17-16(27-12-28-17)9-13(15)20-18(23)11-21-4-6-22(7-5-21)19(24)14-3-2-8-26-14/h9-10,14H,2-8,11-12H2,1H3,(H,20,23). The lowest BCUT2D eigenvalue weighted by Crippen LogP contribution is -2.52. The van der Waals surface area contributed by atoms with Gasteiger partial charge in [-0.15, -0.1) is 0 Å². The van der Waals surface area contributed by atoms with E-state index in [1.807, 2.05) is 9.80 Å². The molecule has 152 valence electrons. The maximum absolute atomic E-state index is 12.5. The third kappa shape index (κ3) is 4.00. The Balaban J connectivity index is 1.29. The largest absolute Gasteiger partial charge is 0.494 e. The molecule has 2 saturated heterocycles. The van der Waals surface area contributed by atoms with Crippen molar-refractivity contribution in [2.75, 3.05) is 58.6 Å². The number of ether oxygens (including phenoxy) is 4. The summed E-state index contributed by atoms with van der Waals surface area (Å²) in [6, 6.07) is 3.41. The SMILES string of the molecule is COc1cc2c(cc1NC(=O)CN1CCN(C(=O)C3CCCO3)CC1)OCO2. The minimum absolute atomic E-state index is 0.0756. The highest BCUT2D eigenvalue weighted by Gasteiger charge is 2.30. The molecular weight excluding hydrogens is 366 g/mol. The van der Waals surface area contributed by atoms with E-state index in [4.69, 9.17) is 18.9 Å². The summed E-state index contributed by atoms with van der Waals surface area (Å²) in [4.78, 5) is 28.8. The number of nitrogens with one attached hydrogen (secondary N) is 1. The number of amides is 2. The molecule has 0 aliphatic carbocycles. The summed E-state index contributed by atoms with van der Waals surface area (Å²) in [7, 11) is 1.54. The zero-order valence-corrected chi connectivity index (χ0v) is 15.9. The van der Waals surface area contributed by atoms with E-state index < -0.39 is 0 Å². The van der Waals surface area contributed by atoms with E-state index in [-0.39, 0.29) is 31.3 Å². The van der Waals surface area contributed by atoms with E-state index in [0.29, 0.717) is 55.7 Å². The number of fused-ring (bicyclic) bond motifs is 1. The van der Waals surface area contributed by atoms with Gasteiger partial charge in [-0.3, -0.25) is 14.5 Å². The van der Waals surface area contributed by atoms with Crippen molar-refractivity contribution >= 4 is 17.5 Å². The van der Waals surface area contributed by atoms with Crippen molar-refractivity contribution in [2.45, 2.75) is 18.9 Å². The Morgan fingerprint density at radius 3 is 2.61 bits per heavy atom. The highest BCUT2D eigenvalue weighted by atomic mass is 16.7. The summed E-state index contributed by atoms with van der Waals surface area (Å²) in [6.45, 7) is 3.61. The first kappa shape index (κ1) is 18.8. The second kappa shape index (κ2) is 8.24. The summed E-state index contributed by atoms with van der Waals surface area (Å²) in [5.41, 5.74) is 0.545. The van der Waals surface area contributed by atoms with Crippen molar-refractivity contribution in [2.24, 2.45) is 0 Å². The van der Waals surface area contributed by atoms with E-state index >= 15 is 0 Å². The fourth-order valence-corrected chi connectivity index (χ4v) is 3.69. The fraction of sp³-hybridized carbons (Fsp3) is 0.579. The molecule has 0 bridgehead atoms. The molecule has 2 amide bonds. The fourth-order valence-electron chi connectivity index (χ4n) is 3.69. The Morgan fingerprint density at radius 2 is 1.93 bits per heavy atom. The van der Waals surface area contributed by atoms with Gasteiger partial charge in [-0.25, -0.2) is 0 Å². The lowest BCUT2D eigenvalue weighted by Gasteiger charge is -2.35. The molecule has 4 rings (SSSR count). The summed E-state index contributed by atoms with van der Waals surface area (Å²) < 4.78 is 21.5. The average Bonchev–Trinajstić information content (AvgIpc) is 3.39. The maximum atomic E-state index is 12.5. The lowest BCUT2D eigenvalue weighted by molar-refractivity contribution is -0.142. The van der Waals surface area contributed by atoms with Crippen LogP contribution in [0.15, 0.2) is 12.1 Å². The van der Waals surface area contributed by atoms with Crippen molar-refractivity contribution in [1.29, 1.82) is 0 Å². The van der Waals surface area contributed by atoms with Crippen LogP contribution in [0.3, 0.4) is 0 Å². The quantitative estimate of drug-likeness (QED) is 0.790. The molecule has 9 heteroatoms. The van der Waals surface area contributed by atoms with Gasteiger partial charge in [-0.1, -0.05) is 0 Å². The van der Waals surface area contributed by atoms with Gasteiger partial charge in [0.25, 0.3) is 5.91 Å². The van der Waals surface area contributed by atoms with Crippen molar-refractivity contribution in [3.05, 3.63) is 12.1 Å². The second-order valence-corrected chi connectivity index (χ2v) is 7.06. The molecule has 1 aromatic rings. The van der Waals surface area contributed by atoms with Crippen molar-refractivity contribution in [3.63, 3.8) is 0 Å². The number of rotatable bonds is 5. The highest BCUT2D eigenvalue weighted by molar-refractivity contribution is 5.94. The van der Waals surface area contributed by atoms with Gasteiger partial charge in [0.05, 0.1) is 19.3 Å². The predicted molar refractivity (Wildman–Crippen MR) is 99.7 cm³/mol. The molecule has 0 radical (unpaired) electrons. The van der Waals surface area contributed by atoms with E-state index in [9.17, 15) is 9.59 Å². The van der Waals surface area contributed by atoms with Gasteiger partial charge in [0.15, 0.2) is 11.5 Å². The number of piperazine rings is 1. The van der Waals surface area contributed by atoms with Crippen LogP contribution >= 0.6 is 0 Å². The van der Waals surface area contributed by atoms with Crippen LogP contribution in [0.5, 0.6) is 17.2 Å². The summed E-state index contributed by atoms with van der Waals surface area (Å²) in [6.07, 6.45) is 1.46. The van der Waals surface area contributed by atoms with Crippen LogP contribution in [0, 0.1) is 0 Å². The molecule has 1 N–H and O–H groups in total. The van der Waals surface area contributed by atoms with E-state index in [2.05, 4.69) is 5.32 Å². The van der Waals surface area contributed by atoms with E-state index in [1.165, 1.54) is 7.11 Å². The number of hydrogen-bond acceptors (Lipinski definition) is 7. The van der Waals surface area contributed by atoms with Crippen LogP contribution in [0.1, 0.15) is 12.8 Å². The normalized spacial score (nSPS) is 21.6. The number of carbonyl (C=O) groups excluding carboxylic acids is 2. The van der Waals surface area contributed by atoms with Crippen molar-refractivity contribution < 1.29 is 28.5 Å². The molecule has 2 fully saturated rings. The molecule has 1 aromatic carbocycles. The molecule has 9 nitrogen and oxygen atoms in total. The van der Waals surface area contributed by atoms with Gasteiger partial charge in [-0.05, 0) is 12.8 Å². The van der Waals surface area contributed by atoms with Gasteiger partial charge in [0.2, 0.25) is 12.7 Å². The molecule has 1 unspecified atom stereocenters. The second-order valence-electron chi connectivity index (χ2n) is 7.06. The van der Waals surface area contributed by atoms with E-state index in [1.54, 1.807) is 12.1 Å². The van der Waals surface area contributed by atoms with Gasteiger partial charge < -0.3 is 29.2 Å².